The van der Waals surface area contributed by atoms with Crippen LogP contribution in [-0.4, -0.2) is 34.1 Å². The van der Waals surface area contributed by atoms with Gasteiger partial charge in [-0.3, -0.25) is 4.79 Å². The van der Waals surface area contributed by atoms with Gasteiger partial charge in [0.25, 0.3) is 0 Å². The number of carbonyl (C=O) groups is 2. The van der Waals surface area contributed by atoms with E-state index in [0.717, 1.165) is 24.9 Å². The zero-order chi connectivity index (χ0) is 14.8. The van der Waals surface area contributed by atoms with E-state index in [0.29, 0.717) is 5.69 Å². The van der Waals surface area contributed by atoms with E-state index in [1.165, 1.54) is 0 Å². The van der Waals surface area contributed by atoms with Crippen LogP contribution in [0.3, 0.4) is 0 Å². The van der Waals surface area contributed by atoms with E-state index < -0.39 is 5.97 Å². The van der Waals surface area contributed by atoms with Crippen molar-refractivity contribution in [1.82, 2.24) is 4.90 Å². The number of urea groups is 1. The smallest absolute Gasteiger partial charge is 0.322 e. The van der Waals surface area contributed by atoms with Gasteiger partial charge in [-0.2, -0.15) is 0 Å². The number of amides is 2. The molecule has 5 nitrogen and oxygen atoms in total. The minimum absolute atomic E-state index is 0.00656. The summed E-state index contributed by atoms with van der Waals surface area (Å²) < 4.78 is 0. The first-order chi connectivity index (χ1) is 9.38. The number of rotatable bonds is 3. The lowest BCUT2D eigenvalue weighted by Gasteiger charge is -2.31. The molecule has 1 heterocycles. The summed E-state index contributed by atoms with van der Waals surface area (Å²) >= 11 is 0. The van der Waals surface area contributed by atoms with Crippen LogP contribution in [-0.2, 0) is 11.2 Å². The second-order valence-electron chi connectivity index (χ2n) is 5.77. The Balaban J connectivity index is 1.99. The molecule has 0 bridgehead atoms. The Labute approximate surface area is 118 Å². The summed E-state index contributed by atoms with van der Waals surface area (Å²) in [6.07, 6.45) is 2.03. The van der Waals surface area contributed by atoms with E-state index in [9.17, 15) is 9.59 Å². The Morgan fingerprint density at radius 2 is 1.95 bits per heavy atom. The normalized spacial score (nSPS) is 17.0. The van der Waals surface area contributed by atoms with Crippen LogP contribution in [0.5, 0.6) is 0 Å². The molecule has 0 unspecified atom stereocenters. The number of anilines is 1. The molecule has 0 aliphatic carbocycles. The van der Waals surface area contributed by atoms with Crippen molar-refractivity contribution in [2.45, 2.75) is 38.6 Å². The topological polar surface area (TPSA) is 69.6 Å². The van der Waals surface area contributed by atoms with E-state index in [1.54, 1.807) is 24.3 Å². The lowest BCUT2D eigenvalue weighted by Crippen LogP contribution is -2.44. The predicted molar refractivity (Wildman–Crippen MR) is 76.8 cm³/mol. The van der Waals surface area contributed by atoms with Crippen molar-refractivity contribution >= 4 is 17.7 Å². The largest absolute Gasteiger partial charge is 0.481 e. The van der Waals surface area contributed by atoms with Crippen LogP contribution >= 0.6 is 0 Å². The summed E-state index contributed by atoms with van der Waals surface area (Å²) in [6, 6.07) is 6.81. The van der Waals surface area contributed by atoms with Crippen LogP contribution in [0.25, 0.3) is 0 Å². The molecule has 1 aromatic carbocycles. The molecule has 1 fully saturated rings. The molecule has 2 amide bonds. The molecule has 0 aromatic heterocycles. The number of carbonyl (C=O) groups excluding carboxylic acids is 1. The number of hydrogen-bond donors (Lipinski definition) is 2. The quantitative estimate of drug-likeness (QED) is 0.891. The molecule has 0 saturated carbocycles. The number of likely N-dealkylation sites (tertiary alicyclic amines) is 1. The second-order valence-corrected chi connectivity index (χ2v) is 5.77. The minimum Gasteiger partial charge on any atom is -0.481 e. The summed E-state index contributed by atoms with van der Waals surface area (Å²) in [6.45, 7) is 4.90. The summed E-state index contributed by atoms with van der Waals surface area (Å²) in [7, 11) is 0. The molecule has 1 saturated heterocycles. The molecule has 5 heteroatoms. The minimum atomic E-state index is -0.861. The summed E-state index contributed by atoms with van der Waals surface area (Å²) in [4.78, 5) is 24.7. The van der Waals surface area contributed by atoms with E-state index in [2.05, 4.69) is 19.2 Å². The monoisotopic (exact) mass is 276 g/mol. The van der Waals surface area contributed by atoms with Gasteiger partial charge in [0, 0.05) is 17.8 Å². The molecular weight excluding hydrogens is 256 g/mol. The van der Waals surface area contributed by atoms with Gasteiger partial charge in [-0.05, 0) is 44.4 Å². The van der Waals surface area contributed by atoms with Crippen molar-refractivity contribution in [2.75, 3.05) is 11.9 Å². The van der Waals surface area contributed by atoms with E-state index in [1.807, 2.05) is 4.90 Å². The van der Waals surface area contributed by atoms with Gasteiger partial charge >= 0.3 is 12.0 Å². The maximum Gasteiger partial charge on any atom is 0.322 e. The lowest BCUT2D eigenvalue weighted by molar-refractivity contribution is -0.136. The first kappa shape index (κ1) is 14.4. The van der Waals surface area contributed by atoms with Crippen molar-refractivity contribution in [3.63, 3.8) is 0 Å². The highest BCUT2D eigenvalue weighted by Gasteiger charge is 2.35. The third-order valence-corrected chi connectivity index (χ3v) is 3.71. The summed E-state index contributed by atoms with van der Waals surface area (Å²) in [5, 5.41) is 11.6. The number of carboxylic acid groups (broad SMARTS) is 1. The highest BCUT2D eigenvalue weighted by atomic mass is 16.4. The molecule has 2 rings (SSSR count). The van der Waals surface area contributed by atoms with Crippen molar-refractivity contribution in [3.05, 3.63) is 29.8 Å². The first-order valence-electron chi connectivity index (χ1n) is 6.78. The number of aliphatic carboxylic acids is 1. The maximum absolute atomic E-state index is 12.2. The van der Waals surface area contributed by atoms with Gasteiger partial charge in [0.05, 0.1) is 6.42 Å². The van der Waals surface area contributed by atoms with Crippen molar-refractivity contribution in [1.29, 1.82) is 0 Å². The fourth-order valence-electron chi connectivity index (χ4n) is 2.56. The molecule has 1 aliphatic heterocycles. The Hall–Kier alpha value is -2.04. The Morgan fingerprint density at radius 3 is 2.45 bits per heavy atom. The number of hydrogen-bond acceptors (Lipinski definition) is 2. The highest BCUT2D eigenvalue weighted by Crippen LogP contribution is 2.28. The molecule has 1 aromatic rings. The summed E-state index contributed by atoms with van der Waals surface area (Å²) in [5.74, 6) is -0.861. The average molecular weight is 276 g/mol. The third kappa shape index (κ3) is 3.29. The Kier molecular flexibility index (Phi) is 3.97. The summed E-state index contributed by atoms with van der Waals surface area (Å²) in [5.41, 5.74) is 1.30. The highest BCUT2D eigenvalue weighted by molar-refractivity contribution is 5.90. The number of nitrogens with zero attached hydrogens (tertiary/aromatic N) is 1. The SMILES string of the molecule is CC1(C)CCCN1C(=O)Nc1ccc(CC(=O)O)cc1. The van der Waals surface area contributed by atoms with E-state index >= 15 is 0 Å². The molecule has 0 spiro atoms. The van der Waals surface area contributed by atoms with Gasteiger partial charge in [0.2, 0.25) is 0 Å². The number of carboxylic acids is 1. The average Bonchev–Trinajstić information content (AvgIpc) is 2.71. The van der Waals surface area contributed by atoms with E-state index in [-0.39, 0.29) is 18.0 Å². The second kappa shape index (κ2) is 5.53. The van der Waals surface area contributed by atoms with Crippen LogP contribution in [0.15, 0.2) is 24.3 Å². The molecular formula is C15H20N2O3. The van der Waals surface area contributed by atoms with Crippen molar-refractivity contribution in [2.24, 2.45) is 0 Å². The van der Waals surface area contributed by atoms with Gasteiger partial charge in [0.15, 0.2) is 0 Å². The maximum atomic E-state index is 12.2. The zero-order valence-corrected chi connectivity index (χ0v) is 11.8. The zero-order valence-electron chi connectivity index (χ0n) is 11.8. The van der Waals surface area contributed by atoms with Crippen LogP contribution in [0, 0.1) is 0 Å². The lowest BCUT2D eigenvalue weighted by atomic mass is 10.0. The predicted octanol–water partition coefficient (Wildman–Crippen LogP) is 2.72. The molecule has 108 valence electrons. The first-order valence-corrected chi connectivity index (χ1v) is 6.78. The number of benzene rings is 1. The van der Waals surface area contributed by atoms with Crippen LogP contribution < -0.4 is 5.32 Å². The molecule has 0 atom stereocenters. The van der Waals surface area contributed by atoms with Gasteiger partial charge in [-0.15, -0.1) is 0 Å². The fraction of sp³-hybridized carbons (Fsp3) is 0.467. The van der Waals surface area contributed by atoms with Gasteiger partial charge in [-0.25, -0.2) is 4.79 Å². The third-order valence-electron chi connectivity index (χ3n) is 3.71. The van der Waals surface area contributed by atoms with Crippen LogP contribution in [0.1, 0.15) is 32.3 Å². The molecule has 2 N–H and O–H groups in total. The van der Waals surface area contributed by atoms with Crippen LogP contribution in [0.4, 0.5) is 10.5 Å². The fourth-order valence-corrected chi connectivity index (χ4v) is 2.56. The molecule has 1 aliphatic rings. The standard InChI is InChI=1S/C15H20N2O3/c1-15(2)8-3-9-17(15)14(20)16-12-6-4-11(5-7-12)10-13(18)19/h4-7H,3,8-10H2,1-2H3,(H,16,20)(H,18,19). The molecule has 0 radical (unpaired) electrons. The van der Waals surface area contributed by atoms with Crippen molar-refractivity contribution in [3.8, 4) is 0 Å². The van der Waals surface area contributed by atoms with Crippen LogP contribution in [0.2, 0.25) is 0 Å². The number of nitrogens with one attached hydrogen (secondary N) is 1. The Morgan fingerprint density at radius 1 is 1.30 bits per heavy atom. The molecule has 20 heavy (non-hydrogen) atoms. The van der Waals surface area contributed by atoms with Gasteiger partial charge < -0.3 is 15.3 Å². The van der Waals surface area contributed by atoms with Crippen molar-refractivity contribution < 1.29 is 14.7 Å². The van der Waals surface area contributed by atoms with Gasteiger partial charge in [-0.1, -0.05) is 12.1 Å². The Bertz CT molecular complexity index is 508. The van der Waals surface area contributed by atoms with Gasteiger partial charge in [0.1, 0.15) is 0 Å². The van der Waals surface area contributed by atoms with E-state index in [4.69, 9.17) is 5.11 Å².